The molecule has 3 aromatic rings. The van der Waals surface area contributed by atoms with Crippen molar-refractivity contribution in [3.05, 3.63) is 47.7 Å². The maximum atomic E-state index is 11.1. The molecule has 1 aliphatic heterocycles. The van der Waals surface area contributed by atoms with Gasteiger partial charge < -0.3 is 10.0 Å². The molecule has 2 aromatic heterocycles. The molecule has 0 bridgehead atoms. The van der Waals surface area contributed by atoms with Crippen LogP contribution in [-0.4, -0.2) is 44.0 Å². The fourth-order valence-corrected chi connectivity index (χ4v) is 3.51. The van der Waals surface area contributed by atoms with E-state index in [2.05, 4.69) is 4.98 Å². The van der Waals surface area contributed by atoms with Gasteiger partial charge in [0, 0.05) is 41.5 Å². The first-order valence-electron chi connectivity index (χ1n) is 8.19. The van der Waals surface area contributed by atoms with Crippen LogP contribution in [0.1, 0.15) is 18.9 Å². The SMILES string of the molecule is O=C(O)N1CCC(n2nc(-c3ccc(Cl)cc3)c3cnccc32)CC1. The molecule has 0 unspecified atom stereocenters. The molecule has 0 aliphatic carbocycles. The molecule has 1 fully saturated rings. The highest BCUT2D eigenvalue weighted by molar-refractivity contribution is 6.30. The van der Waals surface area contributed by atoms with Crippen LogP contribution in [0.2, 0.25) is 5.02 Å². The van der Waals surface area contributed by atoms with E-state index in [9.17, 15) is 4.79 Å². The third-order valence-corrected chi connectivity index (χ3v) is 4.96. The van der Waals surface area contributed by atoms with Gasteiger partial charge in [0.05, 0.1) is 11.6 Å². The summed E-state index contributed by atoms with van der Waals surface area (Å²) in [6.07, 6.45) is 4.25. The largest absolute Gasteiger partial charge is 0.465 e. The molecule has 4 rings (SSSR count). The first-order chi connectivity index (χ1) is 12.1. The normalized spacial score (nSPS) is 15.6. The standard InChI is InChI=1S/C18H17ClN4O2/c19-13-3-1-12(2-4-13)17-15-11-20-8-5-16(15)23(21-17)14-6-9-22(10-7-14)18(24)25/h1-5,8,11,14H,6-7,9-10H2,(H,24,25). The van der Waals surface area contributed by atoms with Gasteiger partial charge in [-0.3, -0.25) is 9.67 Å². The quantitative estimate of drug-likeness (QED) is 0.751. The predicted octanol–water partition coefficient (Wildman–Crippen LogP) is 4.07. The highest BCUT2D eigenvalue weighted by Gasteiger charge is 2.26. The molecule has 1 aromatic carbocycles. The zero-order valence-corrected chi connectivity index (χ0v) is 14.2. The number of fused-ring (bicyclic) bond motifs is 1. The van der Waals surface area contributed by atoms with E-state index >= 15 is 0 Å². The molecule has 0 atom stereocenters. The van der Waals surface area contributed by atoms with E-state index in [4.69, 9.17) is 21.8 Å². The number of benzene rings is 1. The molecule has 1 N–H and O–H groups in total. The fourth-order valence-electron chi connectivity index (χ4n) is 3.39. The van der Waals surface area contributed by atoms with Crippen molar-refractivity contribution in [2.45, 2.75) is 18.9 Å². The summed E-state index contributed by atoms with van der Waals surface area (Å²) in [7, 11) is 0. The number of aromatic nitrogens is 3. The Morgan fingerprint density at radius 2 is 1.88 bits per heavy atom. The zero-order valence-electron chi connectivity index (χ0n) is 13.5. The highest BCUT2D eigenvalue weighted by Crippen LogP contribution is 2.32. The summed E-state index contributed by atoms with van der Waals surface area (Å²) in [5.74, 6) is 0. The number of carboxylic acid groups (broad SMARTS) is 1. The smallest absolute Gasteiger partial charge is 0.407 e. The van der Waals surface area contributed by atoms with E-state index in [0.717, 1.165) is 35.0 Å². The Labute approximate surface area is 149 Å². The number of nitrogens with zero attached hydrogens (tertiary/aromatic N) is 4. The van der Waals surface area contributed by atoms with Crippen molar-refractivity contribution < 1.29 is 9.90 Å². The van der Waals surface area contributed by atoms with Crippen molar-refractivity contribution in [1.29, 1.82) is 0 Å². The lowest BCUT2D eigenvalue weighted by Crippen LogP contribution is -2.38. The minimum absolute atomic E-state index is 0.182. The Bertz CT molecular complexity index is 914. The first-order valence-corrected chi connectivity index (χ1v) is 8.57. The van der Waals surface area contributed by atoms with Gasteiger partial charge in [-0.25, -0.2) is 4.79 Å². The fraction of sp³-hybridized carbons (Fsp3) is 0.278. The number of hydrogen-bond acceptors (Lipinski definition) is 3. The summed E-state index contributed by atoms with van der Waals surface area (Å²) >= 11 is 5.99. The van der Waals surface area contributed by atoms with Gasteiger partial charge in [0.25, 0.3) is 0 Å². The van der Waals surface area contributed by atoms with E-state index in [1.165, 1.54) is 4.90 Å². The van der Waals surface area contributed by atoms with Crippen LogP contribution in [0.25, 0.3) is 22.2 Å². The summed E-state index contributed by atoms with van der Waals surface area (Å²) in [4.78, 5) is 16.8. The number of hydrogen-bond donors (Lipinski definition) is 1. The molecule has 0 saturated carbocycles. The Kier molecular flexibility index (Phi) is 4.05. The van der Waals surface area contributed by atoms with Gasteiger partial charge in [-0.15, -0.1) is 0 Å². The van der Waals surface area contributed by atoms with Gasteiger partial charge in [0.2, 0.25) is 0 Å². The number of likely N-dealkylation sites (tertiary alicyclic amines) is 1. The summed E-state index contributed by atoms with van der Waals surface area (Å²) in [6, 6.07) is 9.75. The van der Waals surface area contributed by atoms with Crippen molar-refractivity contribution in [3.63, 3.8) is 0 Å². The van der Waals surface area contributed by atoms with Crippen LogP contribution >= 0.6 is 11.6 Å². The van der Waals surface area contributed by atoms with Crippen molar-refractivity contribution >= 4 is 28.6 Å². The summed E-state index contributed by atoms with van der Waals surface area (Å²) < 4.78 is 2.03. The lowest BCUT2D eigenvalue weighted by atomic mass is 10.1. The van der Waals surface area contributed by atoms with Crippen molar-refractivity contribution in [2.24, 2.45) is 0 Å². The molecule has 7 heteroatoms. The van der Waals surface area contributed by atoms with Gasteiger partial charge in [-0.1, -0.05) is 23.7 Å². The van der Waals surface area contributed by atoms with Crippen molar-refractivity contribution in [3.8, 4) is 11.3 Å². The van der Waals surface area contributed by atoms with E-state index in [1.807, 2.05) is 41.2 Å². The topological polar surface area (TPSA) is 71.2 Å². The predicted molar refractivity (Wildman–Crippen MR) is 95.8 cm³/mol. The van der Waals surface area contributed by atoms with E-state index in [1.54, 1.807) is 6.20 Å². The second-order valence-corrected chi connectivity index (χ2v) is 6.63. The van der Waals surface area contributed by atoms with Gasteiger partial charge in [0.15, 0.2) is 0 Å². The monoisotopic (exact) mass is 356 g/mol. The Morgan fingerprint density at radius 3 is 2.56 bits per heavy atom. The third kappa shape index (κ3) is 2.93. The lowest BCUT2D eigenvalue weighted by Gasteiger charge is -2.30. The first kappa shape index (κ1) is 15.9. The second kappa shape index (κ2) is 6.37. The molecule has 1 saturated heterocycles. The number of rotatable bonds is 2. The molecule has 0 spiro atoms. The van der Waals surface area contributed by atoms with Crippen LogP contribution in [-0.2, 0) is 0 Å². The van der Waals surface area contributed by atoms with Crippen LogP contribution in [0.15, 0.2) is 42.7 Å². The molecule has 1 amide bonds. The minimum Gasteiger partial charge on any atom is -0.465 e. The molecule has 128 valence electrons. The minimum atomic E-state index is -0.852. The number of piperidine rings is 1. The summed E-state index contributed by atoms with van der Waals surface area (Å²) in [5, 5.41) is 15.7. The number of amides is 1. The van der Waals surface area contributed by atoms with E-state index in [0.29, 0.717) is 18.1 Å². The number of carbonyl (C=O) groups is 1. The zero-order chi connectivity index (χ0) is 17.4. The number of halogens is 1. The van der Waals surface area contributed by atoms with Crippen LogP contribution in [0.4, 0.5) is 4.79 Å². The van der Waals surface area contributed by atoms with Crippen molar-refractivity contribution in [2.75, 3.05) is 13.1 Å². The average molecular weight is 357 g/mol. The van der Waals surface area contributed by atoms with Crippen LogP contribution in [0.3, 0.4) is 0 Å². The summed E-state index contributed by atoms with van der Waals surface area (Å²) in [6.45, 7) is 1.06. The molecule has 3 heterocycles. The Hall–Kier alpha value is -2.60. The average Bonchev–Trinajstić information content (AvgIpc) is 3.02. The summed E-state index contributed by atoms with van der Waals surface area (Å²) in [5.41, 5.74) is 2.89. The van der Waals surface area contributed by atoms with Crippen LogP contribution < -0.4 is 0 Å². The van der Waals surface area contributed by atoms with Crippen molar-refractivity contribution in [1.82, 2.24) is 19.7 Å². The second-order valence-electron chi connectivity index (χ2n) is 6.19. The Morgan fingerprint density at radius 1 is 1.16 bits per heavy atom. The lowest BCUT2D eigenvalue weighted by molar-refractivity contribution is 0.124. The molecule has 0 radical (unpaired) electrons. The van der Waals surface area contributed by atoms with Gasteiger partial charge in [-0.2, -0.15) is 5.10 Å². The third-order valence-electron chi connectivity index (χ3n) is 4.71. The number of pyridine rings is 1. The highest BCUT2D eigenvalue weighted by atomic mass is 35.5. The van der Waals surface area contributed by atoms with Gasteiger partial charge in [0.1, 0.15) is 5.69 Å². The molecule has 1 aliphatic rings. The maximum absolute atomic E-state index is 11.1. The van der Waals surface area contributed by atoms with Crippen LogP contribution in [0, 0.1) is 0 Å². The molecular weight excluding hydrogens is 340 g/mol. The van der Waals surface area contributed by atoms with E-state index in [-0.39, 0.29) is 6.04 Å². The van der Waals surface area contributed by atoms with Gasteiger partial charge >= 0.3 is 6.09 Å². The molecule has 25 heavy (non-hydrogen) atoms. The molecule has 6 nitrogen and oxygen atoms in total. The van der Waals surface area contributed by atoms with E-state index < -0.39 is 6.09 Å². The Balaban J connectivity index is 1.73. The molecular formula is C18H17ClN4O2. The van der Waals surface area contributed by atoms with Gasteiger partial charge in [-0.05, 0) is 31.0 Å². The van der Waals surface area contributed by atoms with Crippen LogP contribution in [0.5, 0.6) is 0 Å². The maximum Gasteiger partial charge on any atom is 0.407 e.